The van der Waals surface area contributed by atoms with Gasteiger partial charge in [0.05, 0.1) is 38.6 Å². The predicted octanol–water partition coefficient (Wildman–Crippen LogP) is 8.11. The van der Waals surface area contributed by atoms with E-state index in [2.05, 4.69) is 19.2 Å². The highest BCUT2D eigenvalue weighted by Gasteiger charge is 2.53. The van der Waals surface area contributed by atoms with Gasteiger partial charge in [-0.2, -0.15) is 0 Å². The summed E-state index contributed by atoms with van der Waals surface area (Å²) in [5.74, 6) is -0.275. The fourth-order valence-electron chi connectivity index (χ4n) is 11.8. The molecule has 17 unspecified atom stereocenters. The summed E-state index contributed by atoms with van der Waals surface area (Å²) >= 11 is 0. The van der Waals surface area contributed by atoms with Crippen molar-refractivity contribution in [2.75, 3.05) is 26.4 Å². The third kappa shape index (κ3) is 30.8. The second kappa shape index (κ2) is 48.4. The van der Waals surface area contributed by atoms with E-state index in [9.17, 15) is 61.0 Å². The van der Waals surface area contributed by atoms with Crippen LogP contribution in [0.25, 0.3) is 0 Å². The lowest BCUT2D eigenvalue weighted by molar-refractivity contribution is -0.379. The molecular formula is C65H123NO18. The third-order valence-electron chi connectivity index (χ3n) is 17.3. The van der Waals surface area contributed by atoms with Gasteiger partial charge in [-0.15, -0.1) is 0 Å². The van der Waals surface area contributed by atoms with Crippen LogP contribution in [0, 0.1) is 0 Å². The predicted molar refractivity (Wildman–Crippen MR) is 323 cm³/mol. The molecule has 19 heteroatoms. The van der Waals surface area contributed by atoms with Crippen LogP contribution in [0.15, 0.2) is 12.2 Å². The number of nitrogens with one attached hydrogen (secondary N) is 1. The number of carbonyl (C=O) groups is 1. The summed E-state index contributed by atoms with van der Waals surface area (Å²) < 4.78 is 34.2. The monoisotopic (exact) mass is 1210 g/mol. The Kier molecular flexibility index (Phi) is 44.2. The molecule has 0 aromatic carbocycles. The Morgan fingerprint density at radius 3 is 1.12 bits per heavy atom. The Bertz CT molecular complexity index is 1580. The number of rotatable bonds is 52. The summed E-state index contributed by atoms with van der Waals surface area (Å²) in [5.41, 5.74) is 0. The first-order valence-corrected chi connectivity index (χ1v) is 33.9. The van der Waals surface area contributed by atoms with Crippen LogP contribution in [0.5, 0.6) is 0 Å². The molecule has 496 valence electrons. The van der Waals surface area contributed by atoms with Gasteiger partial charge >= 0.3 is 0 Å². The fraction of sp³-hybridized carbons (Fsp3) is 0.954. The molecule has 0 radical (unpaired) electrons. The molecule has 84 heavy (non-hydrogen) atoms. The molecule has 12 N–H and O–H groups in total. The van der Waals surface area contributed by atoms with Gasteiger partial charge in [0.1, 0.15) is 73.2 Å². The topological polar surface area (TPSA) is 307 Å². The van der Waals surface area contributed by atoms with Crippen molar-refractivity contribution >= 4 is 5.91 Å². The molecule has 0 aliphatic carbocycles. The molecule has 0 aromatic rings. The molecule has 3 saturated heterocycles. The smallest absolute Gasteiger partial charge is 0.220 e. The van der Waals surface area contributed by atoms with Crippen LogP contribution in [0.1, 0.15) is 264 Å². The van der Waals surface area contributed by atoms with Crippen molar-refractivity contribution in [1.82, 2.24) is 5.32 Å². The molecule has 3 rings (SSSR count). The van der Waals surface area contributed by atoms with Crippen molar-refractivity contribution < 1.29 is 89.4 Å². The molecule has 19 nitrogen and oxygen atoms in total. The van der Waals surface area contributed by atoms with Crippen LogP contribution in [0.3, 0.4) is 0 Å². The molecule has 3 aliphatic heterocycles. The van der Waals surface area contributed by atoms with E-state index in [-0.39, 0.29) is 18.9 Å². The Morgan fingerprint density at radius 1 is 0.417 bits per heavy atom. The van der Waals surface area contributed by atoms with Crippen LogP contribution >= 0.6 is 0 Å². The maximum Gasteiger partial charge on any atom is 0.220 e. The van der Waals surface area contributed by atoms with Gasteiger partial charge in [-0.3, -0.25) is 4.79 Å². The molecule has 0 aromatic heterocycles. The number of ether oxygens (including phenoxy) is 6. The van der Waals surface area contributed by atoms with Gasteiger partial charge in [0, 0.05) is 6.42 Å². The molecule has 3 aliphatic rings. The lowest BCUT2D eigenvalue weighted by Gasteiger charge is -2.48. The summed E-state index contributed by atoms with van der Waals surface area (Å²) in [6.07, 6.45) is 25.6. The zero-order valence-corrected chi connectivity index (χ0v) is 52.2. The molecule has 17 atom stereocenters. The minimum absolute atomic E-state index is 0.248. The molecular weight excluding hydrogens is 1080 g/mol. The highest BCUT2D eigenvalue weighted by molar-refractivity contribution is 5.76. The van der Waals surface area contributed by atoms with Gasteiger partial charge < -0.3 is 89.9 Å². The number of allylic oxidation sites excluding steroid dienone is 1. The van der Waals surface area contributed by atoms with Crippen LogP contribution < -0.4 is 5.32 Å². The molecule has 0 bridgehead atoms. The zero-order chi connectivity index (χ0) is 61.2. The molecule has 3 fully saturated rings. The summed E-state index contributed by atoms with van der Waals surface area (Å²) in [6.45, 7) is 1.68. The zero-order valence-electron chi connectivity index (χ0n) is 52.2. The van der Waals surface area contributed by atoms with Crippen molar-refractivity contribution in [2.24, 2.45) is 0 Å². The van der Waals surface area contributed by atoms with Gasteiger partial charge in [0.2, 0.25) is 5.91 Å². The molecule has 3 heterocycles. The van der Waals surface area contributed by atoms with Crippen molar-refractivity contribution in [1.29, 1.82) is 0 Å². The normalized spacial score (nSPS) is 29.2. The van der Waals surface area contributed by atoms with Gasteiger partial charge in [0.25, 0.3) is 0 Å². The van der Waals surface area contributed by atoms with E-state index in [1.165, 1.54) is 180 Å². The van der Waals surface area contributed by atoms with Gasteiger partial charge in [0.15, 0.2) is 18.9 Å². The first-order chi connectivity index (χ1) is 40.8. The number of aliphatic hydroxyl groups excluding tert-OH is 11. The van der Waals surface area contributed by atoms with E-state index in [0.717, 1.165) is 57.8 Å². The van der Waals surface area contributed by atoms with Crippen molar-refractivity contribution in [3.8, 4) is 0 Å². The van der Waals surface area contributed by atoms with E-state index in [0.29, 0.717) is 6.42 Å². The van der Waals surface area contributed by atoms with Crippen molar-refractivity contribution in [3.63, 3.8) is 0 Å². The third-order valence-corrected chi connectivity index (χ3v) is 17.3. The Hall–Kier alpha value is -1.47. The van der Waals surface area contributed by atoms with Crippen molar-refractivity contribution in [3.05, 3.63) is 12.2 Å². The highest BCUT2D eigenvalue weighted by atomic mass is 16.8. The minimum atomic E-state index is -1.97. The van der Waals surface area contributed by atoms with Crippen LogP contribution in [0.2, 0.25) is 0 Å². The summed E-state index contributed by atoms with van der Waals surface area (Å²) in [4.78, 5) is 13.3. The maximum absolute atomic E-state index is 13.3. The van der Waals surface area contributed by atoms with Crippen molar-refractivity contribution in [2.45, 2.75) is 369 Å². The second-order valence-electron chi connectivity index (χ2n) is 24.7. The van der Waals surface area contributed by atoms with Gasteiger partial charge in [-0.25, -0.2) is 0 Å². The number of amides is 1. The van der Waals surface area contributed by atoms with Crippen LogP contribution in [0.4, 0.5) is 0 Å². The van der Waals surface area contributed by atoms with E-state index in [1.54, 1.807) is 6.08 Å². The SMILES string of the molecule is CCCCCCC/C=C/C(O)C(COC1OC(CO)C(OC2OC(CO)C(OC3OC(CO)C(O)C(O)C3O)C(O)C2O)C(O)C1O)NC(=O)CCCCCCCCCCCCCCCCCCCCCCCCCCCCCCCCCC. The van der Waals surface area contributed by atoms with E-state index >= 15 is 0 Å². The largest absolute Gasteiger partial charge is 0.394 e. The maximum atomic E-state index is 13.3. The second-order valence-corrected chi connectivity index (χ2v) is 24.7. The number of hydrogen-bond donors (Lipinski definition) is 12. The molecule has 0 saturated carbocycles. The van der Waals surface area contributed by atoms with E-state index in [1.807, 2.05) is 6.08 Å². The quantitative estimate of drug-likeness (QED) is 0.0202. The molecule has 1 amide bonds. The van der Waals surface area contributed by atoms with E-state index in [4.69, 9.17) is 28.4 Å². The number of hydrogen-bond acceptors (Lipinski definition) is 18. The van der Waals surface area contributed by atoms with Gasteiger partial charge in [-0.1, -0.05) is 251 Å². The van der Waals surface area contributed by atoms with E-state index < -0.39 is 124 Å². The van der Waals surface area contributed by atoms with Crippen LogP contribution in [-0.2, 0) is 33.2 Å². The Balaban J connectivity index is 1.30. The summed E-state index contributed by atoms with van der Waals surface area (Å²) in [5, 5.41) is 120. The Labute approximate surface area is 506 Å². The lowest BCUT2D eigenvalue weighted by Crippen LogP contribution is -2.66. The Morgan fingerprint density at radius 2 is 0.738 bits per heavy atom. The summed E-state index contributed by atoms with van der Waals surface area (Å²) in [7, 11) is 0. The minimum Gasteiger partial charge on any atom is -0.394 e. The average Bonchev–Trinajstić information content (AvgIpc) is 3.17. The lowest BCUT2D eigenvalue weighted by atomic mass is 9.96. The highest BCUT2D eigenvalue weighted by Crippen LogP contribution is 2.33. The molecule has 0 spiro atoms. The number of unbranched alkanes of at least 4 members (excludes halogenated alkanes) is 36. The van der Waals surface area contributed by atoms with Crippen LogP contribution in [-0.4, -0.2) is 193 Å². The van der Waals surface area contributed by atoms with Gasteiger partial charge in [-0.05, 0) is 19.3 Å². The number of carbonyl (C=O) groups excluding carboxylic acids is 1. The average molecular weight is 1210 g/mol. The first-order valence-electron chi connectivity index (χ1n) is 33.9. The standard InChI is InChI=1S/C65H123NO18/c1-3-5-7-9-11-12-13-14-15-16-17-18-19-20-21-22-23-24-25-26-27-28-29-30-31-32-33-34-35-37-39-41-43-53(71)66-48(49(70)42-40-38-36-10-8-6-4-2)47-79-63-59(77)56(74)61(51(45-68)81-63)84-65-60(78)57(75)62(52(46-69)82-65)83-64-58(76)55(73)54(72)50(44-67)80-64/h40,42,48-52,54-65,67-70,72-78H,3-39,41,43-47H2,1-2H3,(H,66,71)/b42-40+. The summed E-state index contributed by atoms with van der Waals surface area (Å²) in [6, 6.07) is -0.965. The first kappa shape index (κ1) is 76.8. The fourth-order valence-corrected chi connectivity index (χ4v) is 11.8. The number of aliphatic hydroxyl groups is 11.